The molecule has 0 saturated heterocycles. The fourth-order valence-corrected chi connectivity index (χ4v) is 6.92. The predicted octanol–water partition coefficient (Wildman–Crippen LogP) is 13.2. The van der Waals surface area contributed by atoms with Crippen LogP contribution in [0.15, 0.2) is 24.3 Å². The second-order valence-electron chi connectivity index (χ2n) is 15.7. The molecule has 6 heteroatoms. The van der Waals surface area contributed by atoms with Crippen molar-refractivity contribution in [3.8, 4) is 0 Å². The lowest BCUT2D eigenvalue weighted by Gasteiger charge is -2.22. The molecule has 53 heavy (non-hydrogen) atoms. The van der Waals surface area contributed by atoms with E-state index in [0.717, 1.165) is 51.4 Å². The van der Waals surface area contributed by atoms with Gasteiger partial charge in [-0.1, -0.05) is 205 Å². The van der Waals surface area contributed by atoms with Crippen molar-refractivity contribution in [3.05, 3.63) is 24.3 Å². The molecule has 312 valence electrons. The maximum absolute atomic E-state index is 12.4. The molecule has 0 saturated carbocycles. The lowest BCUT2D eigenvalue weighted by atomic mass is 10.0. The van der Waals surface area contributed by atoms with Crippen LogP contribution in [-0.4, -0.2) is 47.4 Å². The summed E-state index contributed by atoms with van der Waals surface area (Å²) in [5.74, 6) is -0.135. The second kappa shape index (κ2) is 43.1. The zero-order chi connectivity index (χ0) is 38.7. The Morgan fingerprint density at radius 3 is 1.47 bits per heavy atom. The highest BCUT2D eigenvalue weighted by molar-refractivity contribution is 5.76. The molecule has 0 spiro atoms. The first-order valence-corrected chi connectivity index (χ1v) is 23.1. The average molecular weight is 748 g/mol. The quantitative estimate of drug-likeness (QED) is 0.0328. The fourth-order valence-electron chi connectivity index (χ4n) is 6.92. The molecule has 0 aliphatic rings. The third-order valence-electron chi connectivity index (χ3n) is 10.5. The predicted molar refractivity (Wildman–Crippen MR) is 227 cm³/mol. The van der Waals surface area contributed by atoms with Gasteiger partial charge < -0.3 is 20.3 Å². The van der Waals surface area contributed by atoms with Crippen molar-refractivity contribution in [1.82, 2.24) is 5.32 Å². The van der Waals surface area contributed by atoms with Gasteiger partial charge in [0.15, 0.2) is 0 Å². The van der Waals surface area contributed by atoms with Crippen LogP contribution >= 0.6 is 0 Å². The number of aliphatic hydroxyl groups excluding tert-OH is 2. The number of esters is 1. The molecule has 3 N–H and O–H groups in total. The Morgan fingerprint density at radius 2 is 0.962 bits per heavy atom. The van der Waals surface area contributed by atoms with Crippen LogP contribution in [0.25, 0.3) is 0 Å². The minimum Gasteiger partial charge on any atom is -0.466 e. The number of hydrogen-bond donors (Lipinski definition) is 3. The number of rotatable bonds is 42. The van der Waals surface area contributed by atoms with Gasteiger partial charge in [0.2, 0.25) is 5.91 Å². The van der Waals surface area contributed by atoms with Crippen LogP contribution in [0.4, 0.5) is 0 Å². The van der Waals surface area contributed by atoms with Crippen molar-refractivity contribution in [2.24, 2.45) is 0 Å². The van der Waals surface area contributed by atoms with Crippen LogP contribution in [-0.2, 0) is 14.3 Å². The van der Waals surface area contributed by atoms with Crippen LogP contribution in [0.1, 0.15) is 239 Å². The number of aliphatic hydroxyl groups is 2. The molecule has 0 aromatic rings. The van der Waals surface area contributed by atoms with Crippen LogP contribution < -0.4 is 5.32 Å². The van der Waals surface area contributed by atoms with E-state index in [4.69, 9.17) is 4.74 Å². The molecule has 0 aromatic heterocycles. The minimum atomic E-state index is -0.696. The molecule has 1 amide bonds. The Labute approximate surface area is 329 Å². The maximum Gasteiger partial charge on any atom is 0.305 e. The summed E-state index contributed by atoms with van der Waals surface area (Å²) in [7, 11) is 0. The number of carbonyl (C=O) groups excluding carboxylic acids is 2. The topological polar surface area (TPSA) is 95.9 Å². The molecule has 0 fully saturated rings. The monoisotopic (exact) mass is 748 g/mol. The normalized spacial score (nSPS) is 12.9. The van der Waals surface area contributed by atoms with Crippen molar-refractivity contribution in [2.75, 3.05) is 13.2 Å². The van der Waals surface area contributed by atoms with Crippen LogP contribution in [0.2, 0.25) is 0 Å². The Kier molecular flexibility index (Phi) is 41.7. The van der Waals surface area contributed by atoms with E-state index in [0.29, 0.717) is 32.3 Å². The molecule has 2 atom stereocenters. The number of nitrogens with one attached hydrogen (secondary N) is 1. The first-order valence-electron chi connectivity index (χ1n) is 23.1. The van der Waals surface area contributed by atoms with E-state index in [1.165, 1.54) is 148 Å². The molecular weight excluding hydrogens is 659 g/mol. The van der Waals surface area contributed by atoms with E-state index < -0.39 is 12.1 Å². The van der Waals surface area contributed by atoms with Crippen LogP contribution in [0.5, 0.6) is 0 Å². The van der Waals surface area contributed by atoms with Gasteiger partial charge in [-0.15, -0.1) is 0 Å². The molecule has 0 bridgehead atoms. The maximum atomic E-state index is 12.4. The van der Waals surface area contributed by atoms with Crippen LogP contribution in [0.3, 0.4) is 0 Å². The minimum absolute atomic E-state index is 0.0180. The van der Waals surface area contributed by atoms with Gasteiger partial charge in [0.1, 0.15) is 0 Å². The summed E-state index contributed by atoms with van der Waals surface area (Å²) in [6.07, 6.45) is 48.6. The molecule has 0 aliphatic heterocycles. The highest BCUT2D eigenvalue weighted by Crippen LogP contribution is 2.15. The number of carbonyl (C=O) groups is 2. The summed E-state index contributed by atoms with van der Waals surface area (Å²) in [4.78, 5) is 24.3. The van der Waals surface area contributed by atoms with E-state index >= 15 is 0 Å². The van der Waals surface area contributed by atoms with Crippen molar-refractivity contribution >= 4 is 11.9 Å². The SMILES string of the molecule is CCCCCCCCCCCCCCC(O)C(CO)NC(=O)CC/C=C\C/C=C\CCCCCCCCOC(=O)CCCCCCCCCCCCC. The fraction of sp³-hybridized carbons (Fsp3) is 0.872. The summed E-state index contributed by atoms with van der Waals surface area (Å²) >= 11 is 0. The van der Waals surface area contributed by atoms with Gasteiger partial charge in [0.25, 0.3) is 0 Å². The Bertz CT molecular complexity index is 828. The number of unbranched alkanes of at least 4 members (excludes halogenated alkanes) is 27. The first kappa shape index (κ1) is 51.3. The molecule has 0 aliphatic carbocycles. The van der Waals surface area contributed by atoms with E-state index in [1.54, 1.807) is 0 Å². The summed E-state index contributed by atoms with van der Waals surface area (Å²) in [6.45, 7) is 4.86. The number of amides is 1. The van der Waals surface area contributed by atoms with Crippen LogP contribution in [0, 0.1) is 0 Å². The Hall–Kier alpha value is -1.66. The highest BCUT2D eigenvalue weighted by atomic mass is 16.5. The smallest absolute Gasteiger partial charge is 0.305 e. The van der Waals surface area contributed by atoms with Gasteiger partial charge in [-0.05, 0) is 44.9 Å². The van der Waals surface area contributed by atoms with Crippen molar-refractivity contribution in [2.45, 2.75) is 251 Å². The third kappa shape index (κ3) is 39.8. The number of hydrogen-bond acceptors (Lipinski definition) is 5. The van der Waals surface area contributed by atoms with Gasteiger partial charge in [0.05, 0.1) is 25.4 Å². The second-order valence-corrected chi connectivity index (χ2v) is 15.7. The molecular formula is C47H89NO5. The number of ether oxygens (including phenoxy) is 1. The third-order valence-corrected chi connectivity index (χ3v) is 10.5. The van der Waals surface area contributed by atoms with Crippen molar-refractivity contribution < 1.29 is 24.5 Å². The molecule has 0 aromatic carbocycles. The van der Waals surface area contributed by atoms with Crippen molar-refractivity contribution in [1.29, 1.82) is 0 Å². The van der Waals surface area contributed by atoms with Gasteiger partial charge in [-0.25, -0.2) is 0 Å². The average Bonchev–Trinajstić information content (AvgIpc) is 3.16. The summed E-state index contributed by atoms with van der Waals surface area (Å²) in [5, 5.41) is 23.0. The standard InChI is InChI=1S/C47H89NO5/c1-3-5-7-9-11-13-15-20-23-27-31-35-39-45(50)44(43-49)48-46(51)40-36-32-28-24-21-17-16-18-22-26-30-34-38-42-53-47(52)41-37-33-29-25-19-14-12-10-8-6-4-2/h17,21,28,32,44-45,49-50H,3-16,18-20,22-27,29-31,33-43H2,1-2H3,(H,48,51)/b21-17-,32-28-. The number of allylic oxidation sites excluding steroid dienone is 4. The lowest BCUT2D eigenvalue weighted by molar-refractivity contribution is -0.143. The van der Waals surface area contributed by atoms with Gasteiger partial charge in [-0.2, -0.15) is 0 Å². The zero-order valence-corrected chi connectivity index (χ0v) is 35.2. The molecule has 0 rings (SSSR count). The molecule has 2 unspecified atom stereocenters. The molecule has 0 heterocycles. The van der Waals surface area contributed by atoms with Gasteiger partial charge in [-0.3, -0.25) is 9.59 Å². The highest BCUT2D eigenvalue weighted by Gasteiger charge is 2.19. The van der Waals surface area contributed by atoms with Gasteiger partial charge >= 0.3 is 5.97 Å². The summed E-state index contributed by atoms with van der Waals surface area (Å²) in [6, 6.07) is -0.583. The van der Waals surface area contributed by atoms with E-state index in [1.807, 2.05) is 6.08 Å². The first-order chi connectivity index (χ1) is 26.0. The largest absolute Gasteiger partial charge is 0.466 e. The molecule has 0 radical (unpaired) electrons. The van der Waals surface area contributed by atoms with Gasteiger partial charge in [0, 0.05) is 12.8 Å². The lowest BCUT2D eigenvalue weighted by Crippen LogP contribution is -2.45. The van der Waals surface area contributed by atoms with Crippen molar-refractivity contribution in [3.63, 3.8) is 0 Å². The van der Waals surface area contributed by atoms with E-state index in [-0.39, 0.29) is 18.5 Å². The zero-order valence-electron chi connectivity index (χ0n) is 35.2. The molecule has 6 nitrogen and oxygen atoms in total. The Balaban J connectivity index is 3.57. The Morgan fingerprint density at radius 1 is 0.528 bits per heavy atom. The summed E-state index contributed by atoms with van der Waals surface area (Å²) < 4.78 is 5.43. The van der Waals surface area contributed by atoms with E-state index in [9.17, 15) is 19.8 Å². The summed E-state index contributed by atoms with van der Waals surface area (Å²) in [5.41, 5.74) is 0. The van der Waals surface area contributed by atoms with E-state index in [2.05, 4.69) is 37.4 Å².